The molecule has 0 aromatic heterocycles. The van der Waals surface area contributed by atoms with Crippen LogP contribution in [-0.2, 0) is 0 Å². The van der Waals surface area contributed by atoms with Crippen molar-refractivity contribution < 1.29 is 4.00 Å². The van der Waals surface area contributed by atoms with Crippen LogP contribution in [0.3, 0.4) is 0 Å². The summed E-state index contributed by atoms with van der Waals surface area (Å²) in [5.41, 5.74) is 0. The van der Waals surface area contributed by atoms with Crippen molar-refractivity contribution in [3.8, 4) is 0 Å². The monoisotopic (exact) mass is 149 g/mol. The molecule has 3 nitrogen and oxygen atoms in total. The third-order valence-corrected chi connectivity index (χ3v) is 2.72. The zero-order chi connectivity index (χ0) is 7.49. The summed E-state index contributed by atoms with van der Waals surface area (Å²) in [6.45, 7) is 3.94. The highest BCUT2D eigenvalue weighted by Crippen LogP contribution is 2.21. The minimum atomic E-state index is 0.181. The van der Waals surface area contributed by atoms with Crippen LogP contribution in [-0.4, -0.2) is 23.3 Å². The fourth-order valence-electron chi connectivity index (χ4n) is 0.338. The summed E-state index contributed by atoms with van der Waals surface area (Å²) in [6, 6.07) is 0.248. The van der Waals surface area contributed by atoms with Crippen LogP contribution in [0.25, 0.3) is 0 Å². The van der Waals surface area contributed by atoms with E-state index >= 15 is 0 Å². The Kier molecular flexibility index (Phi) is 3.14. The average molecular weight is 149 g/mol. The molecule has 0 saturated heterocycles. The van der Waals surface area contributed by atoms with Gasteiger partial charge in [-0.05, 0) is 13.8 Å². The predicted molar refractivity (Wildman–Crippen MR) is 40.6 cm³/mol. The van der Waals surface area contributed by atoms with Crippen LogP contribution < -0.4 is 0 Å². The molecule has 0 saturated carbocycles. The van der Waals surface area contributed by atoms with Gasteiger partial charge in [-0.1, -0.05) is 4.91 Å². The Morgan fingerprint density at radius 1 is 1.56 bits per heavy atom. The van der Waals surface area contributed by atoms with E-state index in [1.54, 1.807) is 7.05 Å². The molecule has 0 heterocycles. The van der Waals surface area contributed by atoms with Crippen molar-refractivity contribution in [2.45, 2.75) is 19.9 Å². The van der Waals surface area contributed by atoms with E-state index < -0.39 is 0 Å². The molecule has 0 aliphatic rings. The van der Waals surface area contributed by atoms with Crippen molar-refractivity contribution in [1.82, 2.24) is 0 Å². The number of quaternary nitrogens is 1. The summed E-state index contributed by atoms with van der Waals surface area (Å²) in [7, 11) is 1.79. The molecule has 0 bridgehead atoms. The Bertz CT molecular complexity index is 107. The lowest BCUT2D eigenvalue weighted by molar-refractivity contribution is -0.805. The van der Waals surface area contributed by atoms with Gasteiger partial charge in [0.1, 0.15) is 25.0 Å². The third-order valence-electron chi connectivity index (χ3n) is 1.49. The molecule has 0 radical (unpaired) electrons. The molecule has 0 N–H and O–H groups in total. The van der Waals surface area contributed by atoms with Crippen molar-refractivity contribution in [2.75, 3.05) is 13.3 Å². The molecule has 1 atom stereocenters. The zero-order valence-corrected chi connectivity index (χ0v) is 7.10. The molecule has 0 aromatic carbocycles. The number of hydrogen-bond donors (Lipinski definition) is 0. The van der Waals surface area contributed by atoms with Crippen LogP contribution in [0, 0.1) is 4.91 Å². The van der Waals surface area contributed by atoms with Gasteiger partial charge in [-0.15, -0.1) is 4.00 Å². The largest absolute Gasteiger partial charge is 0.166 e. The van der Waals surface area contributed by atoms with Crippen LogP contribution in [0.15, 0.2) is 5.29 Å². The van der Waals surface area contributed by atoms with E-state index in [1.807, 2.05) is 20.1 Å². The van der Waals surface area contributed by atoms with Gasteiger partial charge in [0.25, 0.3) is 0 Å². The van der Waals surface area contributed by atoms with E-state index in [9.17, 15) is 4.91 Å². The number of rotatable bonds is 3. The van der Waals surface area contributed by atoms with Gasteiger partial charge in [0.05, 0.1) is 0 Å². The van der Waals surface area contributed by atoms with Gasteiger partial charge in [0.2, 0.25) is 0 Å². The Morgan fingerprint density at radius 2 is 2.00 bits per heavy atom. The highest BCUT2D eigenvalue weighted by Gasteiger charge is 2.27. The predicted octanol–water partition coefficient (Wildman–Crippen LogP) is 1.80. The van der Waals surface area contributed by atoms with Crippen molar-refractivity contribution >= 4 is 11.9 Å². The summed E-state index contributed by atoms with van der Waals surface area (Å²) < 4.78 is 0.181. The molecule has 4 heteroatoms. The van der Waals surface area contributed by atoms with Crippen LogP contribution in [0.5, 0.6) is 0 Å². The zero-order valence-electron chi connectivity index (χ0n) is 6.29. The Morgan fingerprint density at radius 3 is 2.00 bits per heavy atom. The third kappa shape index (κ3) is 1.95. The number of nitrogens with zero attached hydrogens (tertiary/aromatic N) is 2. The highest BCUT2D eigenvalue weighted by atomic mass is 32.2. The molecule has 0 aliphatic heterocycles. The number of hydrogen-bond acceptors (Lipinski definition) is 3. The van der Waals surface area contributed by atoms with Crippen molar-refractivity contribution in [3.05, 3.63) is 4.91 Å². The van der Waals surface area contributed by atoms with E-state index in [-0.39, 0.29) is 10.0 Å². The van der Waals surface area contributed by atoms with Gasteiger partial charge in [-0.3, -0.25) is 0 Å². The fourth-order valence-corrected chi connectivity index (χ4v) is 0.827. The van der Waals surface area contributed by atoms with Gasteiger partial charge in [-0.25, -0.2) is 0 Å². The molecule has 1 unspecified atom stereocenters. The molecule has 0 fully saturated rings. The van der Waals surface area contributed by atoms with E-state index in [2.05, 4.69) is 5.29 Å². The topological polar surface area (TPSA) is 29.4 Å². The maximum absolute atomic E-state index is 10.2. The summed E-state index contributed by atoms with van der Waals surface area (Å²) >= 11 is 1.44. The van der Waals surface area contributed by atoms with Crippen LogP contribution in [0.4, 0.5) is 0 Å². The molecular formula is C5H13N2OS+. The molecular weight excluding hydrogens is 136 g/mol. The van der Waals surface area contributed by atoms with E-state index in [1.165, 1.54) is 11.9 Å². The lowest BCUT2D eigenvalue weighted by atomic mass is 10.4. The molecule has 0 rings (SSSR count). The van der Waals surface area contributed by atoms with Gasteiger partial charge in [0.15, 0.2) is 5.29 Å². The fraction of sp³-hybridized carbons (Fsp3) is 1.00. The molecule has 0 amide bonds. The second-order valence-corrected chi connectivity index (χ2v) is 3.41. The first-order chi connectivity index (χ1) is 4.06. The molecule has 0 aromatic rings. The highest BCUT2D eigenvalue weighted by molar-refractivity contribution is 7.93. The second kappa shape index (κ2) is 3.17. The van der Waals surface area contributed by atoms with Crippen LogP contribution >= 0.6 is 11.9 Å². The minimum Gasteiger partial charge on any atom is -0.102 e. The SMILES string of the molecule is CS[N+](C)(N=O)C(C)C. The van der Waals surface area contributed by atoms with E-state index in [0.29, 0.717) is 0 Å². The van der Waals surface area contributed by atoms with Crippen molar-refractivity contribution in [1.29, 1.82) is 0 Å². The summed E-state index contributed by atoms with van der Waals surface area (Å²) in [5.74, 6) is 0. The lowest BCUT2D eigenvalue weighted by Crippen LogP contribution is -2.36. The van der Waals surface area contributed by atoms with Gasteiger partial charge in [0, 0.05) is 6.26 Å². The van der Waals surface area contributed by atoms with E-state index in [0.717, 1.165) is 0 Å². The van der Waals surface area contributed by atoms with Crippen LogP contribution in [0.2, 0.25) is 0 Å². The van der Waals surface area contributed by atoms with Crippen molar-refractivity contribution in [3.63, 3.8) is 0 Å². The van der Waals surface area contributed by atoms with Gasteiger partial charge in [-0.2, -0.15) is 0 Å². The Labute approximate surface area is 60.1 Å². The number of nitroso groups, excluding NO2 is 1. The molecule has 54 valence electrons. The van der Waals surface area contributed by atoms with Gasteiger partial charge >= 0.3 is 0 Å². The Balaban J connectivity index is 4.08. The first-order valence-electron chi connectivity index (χ1n) is 2.83. The Hall–Kier alpha value is -0.0900. The molecule has 9 heavy (non-hydrogen) atoms. The van der Waals surface area contributed by atoms with Crippen LogP contribution in [0.1, 0.15) is 13.8 Å². The first-order valence-corrected chi connectivity index (χ1v) is 4.02. The maximum atomic E-state index is 10.2. The summed E-state index contributed by atoms with van der Waals surface area (Å²) in [5, 5.41) is 2.99. The van der Waals surface area contributed by atoms with E-state index in [4.69, 9.17) is 0 Å². The molecule has 0 aliphatic carbocycles. The van der Waals surface area contributed by atoms with Gasteiger partial charge < -0.3 is 0 Å². The lowest BCUT2D eigenvalue weighted by Gasteiger charge is -2.22. The standard InChI is InChI=1S/C5H13N2OS/c1-5(2)7(3,6-8)9-4/h5H,1-4H3/q+1. The quantitative estimate of drug-likeness (QED) is 0.265. The first kappa shape index (κ1) is 8.91. The summed E-state index contributed by atoms with van der Waals surface area (Å²) in [4.78, 5) is 10.2. The average Bonchev–Trinajstić information content (AvgIpc) is 1.86. The second-order valence-electron chi connectivity index (χ2n) is 2.30. The smallest absolute Gasteiger partial charge is 0.102 e. The van der Waals surface area contributed by atoms with Crippen molar-refractivity contribution in [2.24, 2.45) is 5.29 Å². The normalized spacial score (nSPS) is 17.4. The molecule has 0 spiro atoms. The maximum Gasteiger partial charge on any atom is 0.166 e. The minimum absolute atomic E-state index is 0.181. The summed E-state index contributed by atoms with van der Waals surface area (Å²) in [6.07, 6.45) is 1.88.